The van der Waals surface area contributed by atoms with E-state index in [4.69, 9.17) is 5.11 Å². The number of nitrogens with zero attached hydrogens (tertiary/aromatic N) is 2. The van der Waals surface area contributed by atoms with Gasteiger partial charge in [0.1, 0.15) is 0 Å². The van der Waals surface area contributed by atoms with Gasteiger partial charge in [-0.2, -0.15) is 13.2 Å². The minimum atomic E-state index is -4.76. The molecule has 0 aliphatic rings. The van der Waals surface area contributed by atoms with Gasteiger partial charge >= 0.3 is 12.2 Å². The van der Waals surface area contributed by atoms with Crippen LogP contribution in [-0.4, -0.2) is 55.0 Å². The van der Waals surface area contributed by atoms with E-state index in [1.807, 2.05) is 31.9 Å². The number of nitrogens with one attached hydrogen (secondary N) is 1. The van der Waals surface area contributed by atoms with Gasteiger partial charge in [-0.15, -0.1) is 0 Å². The molecule has 0 aromatic heterocycles. The van der Waals surface area contributed by atoms with Crippen LogP contribution in [0.2, 0.25) is 0 Å². The molecule has 0 saturated heterocycles. The van der Waals surface area contributed by atoms with Gasteiger partial charge in [0, 0.05) is 31.5 Å². The van der Waals surface area contributed by atoms with Gasteiger partial charge in [0.15, 0.2) is 6.10 Å². The molecule has 0 heterocycles. The van der Waals surface area contributed by atoms with Gasteiger partial charge in [-0.1, -0.05) is 6.07 Å². The van der Waals surface area contributed by atoms with Gasteiger partial charge in [-0.25, -0.2) is 4.79 Å². The zero-order chi connectivity index (χ0) is 17.8. The Labute approximate surface area is 133 Å². The smallest absolute Gasteiger partial charge is 0.382 e. The molecular weight excluding hydrogens is 311 g/mol. The number of anilines is 2. The number of halogens is 3. The number of carbonyl (C=O) groups is 1. The Kier molecular flexibility index (Phi) is 6.26. The fourth-order valence-corrected chi connectivity index (χ4v) is 1.77. The predicted molar refractivity (Wildman–Crippen MR) is 83.7 cm³/mol. The molecule has 1 atom stereocenters. The first kappa shape index (κ1) is 19.1. The highest BCUT2D eigenvalue weighted by Gasteiger charge is 2.39. The molecule has 0 fully saturated rings. The van der Waals surface area contributed by atoms with Crippen molar-refractivity contribution >= 4 is 17.4 Å². The predicted octanol–water partition coefficient (Wildman–Crippen LogP) is 2.92. The maximum atomic E-state index is 12.3. The molecule has 8 heteroatoms. The molecule has 0 saturated carbocycles. The van der Waals surface area contributed by atoms with E-state index >= 15 is 0 Å². The Morgan fingerprint density at radius 3 is 2.43 bits per heavy atom. The van der Waals surface area contributed by atoms with Crippen LogP contribution < -0.4 is 10.2 Å². The van der Waals surface area contributed by atoms with Crippen LogP contribution in [0.15, 0.2) is 24.3 Å². The summed E-state index contributed by atoms with van der Waals surface area (Å²) in [5.41, 5.74) is 1.34. The number of rotatable bonds is 5. The molecule has 0 bridgehead atoms. The van der Waals surface area contributed by atoms with E-state index in [0.717, 1.165) is 10.6 Å². The normalized spacial score (nSPS) is 12.9. The third-order valence-corrected chi connectivity index (χ3v) is 3.45. The van der Waals surface area contributed by atoms with Gasteiger partial charge in [0.25, 0.3) is 0 Å². The average molecular weight is 333 g/mol. The molecule has 0 aliphatic carbocycles. The zero-order valence-corrected chi connectivity index (χ0v) is 13.6. The van der Waals surface area contributed by atoms with Crippen molar-refractivity contribution in [3.63, 3.8) is 0 Å². The van der Waals surface area contributed by atoms with Crippen LogP contribution in [-0.2, 0) is 0 Å². The fourth-order valence-electron chi connectivity index (χ4n) is 1.77. The van der Waals surface area contributed by atoms with Crippen LogP contribution in [0.25, 0.3) is 0 Å². The first-order chi connectivity index (χ1) is 10.5. The summed E-state index contributed by atoms with van der Waals surface area (Å²) in [6.07, 6.45) is -7.33. The molecule has 5 nitrogen and oxygen atoms in total. The quantitative estimate of drug-likeness (QED) is 0.871. The van der Waals surface area contributed by atoms with Crippen molar-refractivity contribution in [2.75, 3.05) is 30.9 Å². The van der Waals surface area contributed by atoms with Crippen molar-refractivity contribution in [1.29, 1.82) is 0 Å². The molecule has 23 heavy (non-hydrogen) atoms. The Hall–Kier alpha value is -1.96. The van der Waals surface area contributed by atoms with E-state index in [2.05, 4.69) is 5.32 Å². The molecule has 1 aromatic rings. The summed E-state index contributed by atoms with van der Waals surface area (Å²) in [5, 5.41) is 11.5. The minimum absolute atomic E-state index is 0.255. The van der Waals surface area contributed by atoms with Crippen molar-refractivity contribution in [2.24, 2.45) is 0 Å². The summed E-state index contributed by atoms with van der Waals surface area (Å²) < 4.78 is 36.9. The molecule has 0 spiro atoms. The Balaban J connectivity index is 2.72. The van der Waals surface area contributed by atoms with Gasteiger partial charge in [0.2, 0.25) is 0 Å². The number of aliphatic hydroxyl groups excluding tert-OH is 1. The number of carbonyl (C=O) groups excluding carboxylic acids is 1. The lowest BCUT2D eigenvalue weighted by atomic mass is 10.2. The van der Waals surface area contributed by atoms with Crippen LogP contribution in [0.5, 0.6) is 0 Å². The highest BCUT2D eigenvalue weighted by Crippen LogP contribution is 2.22. The van der Waals surface area contributed by atoms with Crippen molar-refractivity contribution < 1.29 is 23.1 Å². The Bertz CT molecular complexity index is 535. The van der Waals surface area contributed by atoms with Gasteiger partial charge in [-0.05, 0) is 32.0 Å². The van der Waals surface area contributed by atoms with E-state index in [1.165, 1.54) is 7.05 Å². The summed E-state index contributed by atoms with van der Waals surface area (Å²) in [7, 11) is 3.09. The van der Waals surface area contributed by atoms with E-state index in [0.29, 0.717) is 5.69 Å². The largest absolute Gasteiger partial charge is 0.416 e. The lowest BCUT2D eigenvalue weighted by Crippen LogP contribution is -2.43. The summed E-state index contributed by atoms with van der Waals surface area (Å²) in [6, 6.07) is 6.51. The van der Waals surface area contributed by atoms with E-state index < -0.39 is 24.9 Å². The molecule has 0 radical (unpaired) electrons. The van der Waals surface area contributed by atoms with Crippen molar-refractivity contribution in [3.8, 4) is 0 Å². The van der Waals surface area contributed by atoms with Crippen LogP contribution in [0.1, 0.15) is 13.8 Å². The Morgan fingerprint density at radius 2 is 1.91 bits per heavy atom. The van der Waals surface area contributed by atoms with Crippen LogP contribution in [0, 0.1) is 0 Å². The highest BCUT2D eigenvalue weighted by atomic mass is 19.4. The molecular formula is C15H22F3N3O2. The molecule has 130 valence electrons. The maximum absolute atomic E-state index is 12.3. The van der Waals surface area contributed by atoms with Crippen molar-refractivity contribution in [2.45, 2.75) is 32.2 Å². The molecule has 2 N–H and O–H groups in total. The number of aliphatic hydroxyl groups is 1. The van der Waals surface area contributed by atoms with Crippen molar-refractivity contribution in [3.05, 3.63) is 24.3 Å². The number of hydrogen-bond acceptors (Lipinski definition) is 3. The second kappa shape index (κ2) is 7.54. The molecule has 1 unspecified atom stereocenters. The van der Waals surface area contributed by atoms with E-state index in [9.17, 15) is 18.0 Å². The minimum Gasteiger partial charge on any atom is -0.382 e. The lowest BCUT2D eigenvalue weighted by Gasteiger charge is -2.25. The lowest BCUT2D eigenvalue weighted by molar-refractivity contribution is -0.205. The summed E-state index contributed by atoms with van der Waals surface area (Å²) in [5.74, 6) is 0. The van der Waals surface area contributed by atoms with Crippen LogP contribution >= 0.6 is 0 Å². The number of benzene rings is 1. The second-order valence-electron chi connectivity index (χ2n) is 5.62. The van der Waals surface area contributed by atoms with Crippen molar-refractivity contribution in [1.82, 2.24) is 4.90 Å². The van der Waals surface area contributed by atoms with E-state index in [1.54, 1.807) is 18.2 Å². The third kappa shape index (κ3) is 5.63. The molecule has 2 amide bonds. The van der Waals surface area contributed by atoms with Gasteiger partial charge in [0.05, 0.1) is 6.54 Å². The average Bonchev–Trinajstić information content (AvgIpc) is 2.45. The van der Waals surface area contributed by atoms with Crippen LogP contribution in [0.3, 0.4) is 0 Å². The first-order valence-corrected chi connectivity index (χ1v) is 7.12. The summed E-state index contributed by atoms with van der Waals surface area (Å²) in [4.78, 5) is 14.7. The SMILES string of the molecule is CC(C)N(C)c1cccc(NC(=O)N(C)CC(O)C(F)(F)F)c1. The maximum Gasteiger partial charge on any atom is 0.416 e. The number of urea groups is 1. The number of hydrogen-bond donors (Lipinski definition) is 2. The molecule has 0 aliphatic heterocycles. The fraction of sp³-hybridized carbons (Fsp3) is 0.533. The van der Waals surface area contributed by atoms with Crippen LogP contribution in [0.4, 0.5) is 29.3 Å². The number of alkyl halides is 3. The summed E-state index contributed by atoms with van der Waals surface area (Å²) >= 11 is 0. The Morgan fingerprint density at radius 1 is 1.30 bits per heavy atom. The highest BCUT2D eigenvalue weighted by molar-refractivity contribution is 5.89. The van der Waals surface area contributed by atoms with E-state index in [-0.39, 0.29) is 6.04 Å². The zero-order valence-electron chi connectivity index (χ0n) is 13.6. The standard InChI is InChI=1S/C15H22F3N3O2/c1-10(2)21(4)12-7-5-6-11(8-12)19-14(23)20(3)9-13(22)15(16,17)18/h5-8,10,13,22H,9H2,1-4H3,(H,19,23). The molecule has 1 aromatic carbocycles. The third-order valence-electron chi connectivity index (χ3n) is 3.45. The second-order valence-corrected chi connectivity index (χ2v) is 5.62. The summed E-state index contributed by atoms with van der Waals surface area (Å²) in [6.45, 7) is 3.19. The molecule has 1 rings (SSSR count). The van der Waals surface area contributed by atoms with Gasteiger partial charge < -0.3 is 20.2 Å². The number of amides is 2. The number of likely N-dealkylation sites (N-methyl/N-ethyl adjacent to an activating group) is 1. The first-order valence-electron chi connectivity index (χ1n) is 7.12. The monoisotopic (exact) mass is 333 g/mol. The topological polar surface area (TPSA) is 55.8 Å². The van der Waals surface area contributed by atoms with Gasteiger partial charge in [-0.3, -0.25) is 0 Å².